The smallest absolute Gasteiger partial charge is 0.137 e. The summed E-state index contributed by atoms with van der Waals surface area (Å²) in [6.45, 7) is 0.629. The van der Waals surface area contributed by atoms with Gasteiger partial charge < -0.3 is 10.1 Å². The van der Waals surface area contributed by atoms with Crippen LogP contribution in [0.25, 0.3) is 0 Å². The highest BCUT2D eigenvalue weighted by atomic mass is 19.1. The Bertz CT molecular complexity index is 442. The van der Waals surface area contributed by atoms with E-state index in [0.717, 1.165) is 18.8 Å². The molecule has 2 nitrogen and oxygen atoms in total. The molecule has 1 heterocycles. The molecular weight excluding hydrogens is 212 g/mol. The molecule has 1 aliphatic heterocycles. The molecule has 3 unspecified atom stereocenters. The van der Waals surface area contributed by atoms with Crippen molar-refractivity contribution in [2.75, 3.05) is 6.54 Å². The van der Waals surface area contributed by atoms with Gasteiger partial charge in [-0.25, -0.2) is 8.78 Å². The Hall–Kier alpha value is -1.29. The largest absolute Gasteiger partial charge is 0.307 e. The molecule has 0 aromatic heterocycles. The van der Waals surface area contributed by atoms with Crippen molar-refractivity contribution in [2.24, 2.45) is 5.92 Å². The maximum absolute atomic E-state index is 13.1. The predicted molar refractivity (Wildman–Crippen MR) is 54.0 cm³/mol. The number of nitrogens with one attached hydrogen (secondary N) is 1. The second-order valence-corrected chi connectivity index (χ2v) is 4.67. The molecule has 1 aromatic carbocycles. The number of rotatable bonds is 2. The summed E-state index contributed by atoms with van der Waals surface area (Å²) in [7, 11) is 0. The monoisotopic (exact) mass is 223 g/mol. The summed E-state index contributed by atoms with van der Waals surface area (Å²) in [5.41, 5.74) is 0.459. The van der Waals surface area contributed by atoms with Crippen LogP contribution in [0.3, 0.4) is 0 Å². The third-order valence-corrected chi connectivity index (χ3v) is 3.80. The zero-order valence-corrected chi connectivity index (χ0v) is 8.54. The number of piperidine rings is 1. The van der Waals surface area contributed by atoms with Crippen molar-refractivity contribution in [1.82, 2.24) is 5.32 Å². The van der Waals surface area contributed by atoms with Crippen LogP contribution in [0.15, 0.2) is 18.2 Å². The summed E-state index contributed by atoms with van der Waals surface area (Å²) >= 11 is 0. The van der Waals surface area contributed by atoms with Gasteiger partial charge in [-0.05, 0) is 30.0 Å². The lowest BCUT2D eigenvalue weighted by atomic mass is 9.94. The van der Waals surface area contributed by atoms with Gasteiger partial charge in [-0.2, -0.15) is 0 Å². The molecule has 0 amide bonds. The fourth-order valence-corrected chi connectivity index (χ4v) is 2.87. The van der Waals surface area contributed by atoms with Gasteiger partial charge in [0, 0.05) is 18.0 Å². The van der Waals surface area contributed by atoms with Crippen LogP contribution in [0.1, 0.15) is 12.0 Å². The average Bonchev–Trinajstić information content (AvgIpc) is 2.86. The maximum Gasteiger partial charge on any atom is 0.137 e. The van der Waals surface area contributed by atoms with E-state index in [0.29, 0.717) is 12.1 Å². The average molecular weight is 223 g/mol. The molecule has 0 spiro atoms. The highest BCUT2D eigenvalue weighted by Crippen LogP contribution is 2.58. The Morgan fingerprint density at radius 1 is 1.31 bits per heavy atom. The van der Waals surface area contributed by atoms with Crippen LogP contribution in [0.5, 0.6) is 0 Å². The van der Waals surface area contributed by atoms with E-state index in [1.54, 1.807) is 0 Å². The summed E-state index contributed by atoms with van der Waals surface area (Å²) in [6, 6.07) is 3.46. The van der Waals surface area contributed by atoms with Crippen LogP contribution in [-0.4, -0.2) is 18.9 Å². The van der Waals surface area contributed by atoms with Crippen molar-refractivity contribution < 1.29 is 13.6 Å². The zero-order valence-electron chi connectivity index (χ0n) is 8.54. The molecule has 2 aliphatic rings. The van der Waals surface area contributed by atoms with Gasteiger partial charge in [0.15, 0.2) is 0 Å². The summed E-state index contributed by atoms with van der Waals surface area (Å²) in [5.74, 6) is -0.902. The summed E-state index contributed by atoms with van der Waals surface area (Å²) in [5, 5.41) is 3.07. The second kappa shape index (κ2) is 3.10. The van der Waals surface area contributed by atoms with Gasteiger partial charge in [-0.1, -0.05) is 0 Å². The number of halogens is 2. The normalized spacial score (nSPS) is 35.9. The number of carbonyl (C=O) groups is 1. The van der Waals surface area contributed by atoms with Crippen molar-refractivity contribution in [2.45, 2.75) is 17.9 Å². The van der Waals surface area contributed by atoms with E-state index >= 15 is 0 Å². The molecule has 84 valence electrons. The molecule has 0 bridgehead atoms. The molecule has 4 heteroatoms. The fourth-order valence-electron chi connectivity index (χ4n) is 2.87. The third-order valence-electron chi connectivity index (χ3n) is 3.80. The quantitative estimate of drug-likeness (QED) is 0.768. The minimum atomic E-state index is -0.551. The maximum atomic E-state index is 13.1. The molecule has 0 radical (unpaired) electrons. The Morgan fingerprint density at radius 2 is 2.00 bits per heavy atom. The van der Waals surface area contributed by atoms with Gasteiger partial charge in [0.2, 0.25) is 0 Å². The minimum absolute atomic E-state index is 0.161. The molecule has 1 saturated carbocycles. The van der Waals surface area contributed by atoms with Gasteiger partial charge in [0.05, 0.1) is 6.04 Å². The van der Waals surface area contributed by atoms with Crippen LogP contribution in [0.4, 0.5) is 8.78 Å². The number of carbonyl (C=O) groups excluding carboxylic acids is 1. The Labute approximate surface area is 91.7 Å². The number of fused-ring (bicyclic) bond motifs is 1. The van der Waals surface area contributed by atoms with Gasteiger partial charge in [0.25, 0.3) is 0 Å². The highest BCUT2D eigenvalue weighted by molar-refractivity contribution is 5.63. The molecule has 1 N–H and O–H groups in total. The Morgan fingerprint density at radius 3 is 2.50 bits per heavy atom. The lowest BCUT2D eigenvalue weighted by molar-refractivity contribution is -0.109. The summed E-state index contributed by atoms with van der Waals surface area (Å²) in [6.07, 6.45) is 1.72. The van der Waals surface area contributed by atoms with Gasteiger partial charge in [-0.3, -0.25) is 0 Å². The SMILES string of the molecule is O=CC1NCC2(c3cc(F)cc(F)c3)CC12. The molecule has 16 heavy (non-hydrogen) atoms. The van der Waals surface area contributed by atoms with Crippen molar-refractivity contribution in [3.63, 3.8) is 0 Å². The van der Waals surface area contributed by atoms with Crippen molar-refractivity contribution in [1.29, 1.82) is 0 Å². The molecule has 1 aromatic rings. The Balaban J connectivity index is 1.97. The minimum Gasteiger partial charge on any atom is -0.307 e. The standard InChI is InChI=1S/C12H11F2NO/c13-8-1-7(2-9(14)3-8)12-4-10(12)11(5-16)15-6-12/h1-3,5,10-11,15H,4,6H2. The van der Waals surface area contributed by atoms with E-state index in [-0.39, 0.29) is 17.4 Å². The Kier molecular flexibility index (Phi) is 1.92. The first-order valence-corrected chi connectivity index (χ1v) is 5.31. The second-order valence-electron chi connectivity index (χ2n) is 4.67. The fraction of sp³-hybridized carbons (Fsp3) is 0.417. The summed E-state index contributed by atoms with van der Waals surface area (Å²) in [4.78, 5) is 10.7. The molecule has 1 saturated heterocycles. The first-order chi connectivity index (χ1) is 7.65. The summed E-state index contributed by atoms with van der Waals surface area (Å²) < 4.78 is 26.2. The molecule has 3 rings (SSSR count). The zero-order chi connectivity index (χ0) is 11.3. The number of hydrogen-bond acceptors (Lipinski definition) is 2. The van der Waals surface area contributed by atoms with E-state index in [2.05, 4.69) is 5.32 Å². The predicted octanol–water partition coefficient (Wildman–Crippen LogP) is 1.39. The van der Waals surface area contributed by atoms with E-state index in [9.17, 15) is 13.6 Å². The van der Waals surface area contributed by atoms with Crippen LogP contribution in [0, 0.1) is 17.6 Å². The number of hydrogen-bond donors (Lipinski definition) is 1. The van der Waals surface area contributed by atoms with Crippen molar-refractivity contribution in [3.8, 4) is 0 Å². The van der Waals surface area contributed by atoms with E-state index in [1.807, 2.05) is 0 Å². The van der Waals surface area contributed by atoms with Crippen molar-refractivity contribution in [3.05, 3.63) is 35.4 Å². The van der Waals surface area contributed by atoms with Crippen LogP contribution >= 0.6 is 0 Å². The lowest BCUT2D eigenvalue weighted by Gasteiger charge is -2.12. The van der Waals surface area contributed by atoms with Gasteiger partial charge in [-0.15, -0.1) is 0 Å². The van der Waals surface area contributed by atoms with E-state index in [1.165, 1.54) is 12.1 Å². The van der Waals surface area contributed by atoms with Crippen LogP contribution in [-0.2, 0) is 10.2 Å². The molecule has 2 fully saturated rings. The van der Waals surface area contributed by atoms with Gasteiger partial charge in [0.1, 0.15) is 17.9 Å². The first kappa shape index (κ1) is 9.90. The van der Waals surface area contributed by atoms with Gasteiger partial charge >= 0.3 is 0 Å². The highest BCUT2D eigenvalue weighted by Gasteiger charge is 2.62. The van der Waals surface area contributed by atoms with E-state index < -0.39 is 11.6 Å². The molecular formula is C12H11F2NO. The first-order valence-electron chi connectivity index (χ1n) is 5.31. The molecule has 1 aliphatic carbocycles. The molecule has 3 atom stereocenters. The van der Waals surface area contributed by atoms with Crippen LogP contribution in [0.2, 0.25) is 0 Å². The topological polar surface area (TPSA) is 29.1 Å². The number of aldehydes is 1. The van der Waals surface area contributed by atoms with Crippen molar-refractivity contribution >= 4 is 6.29 Å². The number of benzene rings is 1. The lowest BCUT2D eigenvalue weighted by Crippen LogP contribution is -2.28. The van der Waals surface area contributed by atoms with E-state index in [4.69, 9.17) is 0 Å². The van der Waals surface area contributed by atoms with Crippen LogP contribution < -0.4 is 5.32 Å². The third kappa shape index (κ3) is 1.23.